The predicted molar refractivity (Wildman–Crippen MR) is 295 cm³/mol. The first-order valence-corrected chi connectivity index (χ1v) is 26.1. The van der Waals surface area contributed by atoms with Crippen molar-refractivity contribution in [3.63, 3.8) is 0 Å². The molecule has 0 radical (unpaired) electrons. The maximum absolute atomic E-state index is 2.77. The molecule has 0 saturated carbocycles. The highest BCUT2D eigenvalue weighted by Crippen LogP contribution is 2.56. The molecule has 2 nitrogen and oxygen atoms in total. The van der Waals surface area contributed by atoms with Gasteiger partial charge in [-0.25, -0.2) is 0 Å². The van der Waals surface area contributed by atoms with Crippen LogP contribution in [0.1, 0.15) is 186 Å². The van der Waals surface area contributed by atoms with Gasteiger partial charge in [0.15, 0.2) is 0 Å². The highest BCUT2D eigenvalue weighted by molar-refractivity contribution is 7.00. The fourth-order valence-corrected chi connectivity index (χ4v) is 14.4. The van der Waals surface area contributed by atoms with E-state index in [9.17, 15) is 0 Å². The van der Waals surface area contributed by atoms with Crippen molar-refractivity contribution in [1.29, 1.82) is 0 Å². The van der Waals surface area contributed by atoms with Crippen molar-refractivity contribution in [3.05, 3.63) is 147 Å². The molecule has 0 aromatic heterocycles. The molecule has 5 aliphatic rings. The Hall–Kier alpha value is -5.02. The van der Waals surface area contributed by atoms with E-state index >= 15 is 0 Å². The number of hydrogen-bond donors (Lipinski definition) is 0. The van der Waals surface area contributed by atoms with E-state index in [-0.39, 0.29) is 44.6 Å². The van der Waals surface area contributed by atoms with Crippen molar-refractivity contribution < 1.29 is 0 Å². The molecule has 0 atom stereocenters. The van der Waals surface area contributed by atoms with Crippen LogP contribution in [0, 0.1) is 13.8 Å². The SMILES string of the molecule is Cc1cc2c(cc1N1c3cc4c(cc3B3c5ccc(-c6ccccc6)cc5N(c5ccc6c(c5C)C(C)(C)CCC6(C)C)c5cc(C(C)(C)C)cc1c53)C(C)(C)CCC4(C)C)C(C)(C)CC2(C)C. The Morgan fingerprint density at radius 2 is 0.941 bits per heavy atom. The standard InChI is InChI=1S/C65H77BN2/c1-39-31-45-48(65(16,17)38-64(45,14)15)36-52(39)68-54-37-47-46(61(8,9)27-28-62(47,10)11)35-50(54)66-49-25-23-42(41-21-19-18-20-22-41)32-53(49)67(55-33-43(59(3,4)5)34-56(68)58(55)66)51-26-24-44-57(40(51)2)63(12,13)30-29-60(44,6)7/h18-26,31-37H,27-30,38H2,1-17H3. The lowest BCUT2D eigenvalue weighted by atomic mass is 9.33. The monoisotopic (exact) mass is 897 g/mol. The second-order valence-electron chi connectivity index (χ2n) is 27.2. The maximum Gasteiger partial charge on any atom is 0.252 e. The number of nitrogens with zero attached hydrogens (tertiary/aromatic N) is 2. The lowest BCUT2D eigenvalue weighted by molar-refractivity contribution is 0.330. The molecule has 0 saturated heterocycles. The van der Waals surface area contributed by atoms with Crippen LogP contribution in [0.3, 0.4) is 0 Å². The van der Waals surface area contributed by atoms with E-state index in [4.69, 9.17) is 0 Å². The summed E-state index contributed by atoms with van der Waals surface area (Å²) < 4.78 is 0. The maximum atomic E-state index is 2.77. The molecule has 0 fully saturated rings. The second kappa shape index (κ2) is 14.3. The molecule has 0 amide bonds. The summed E-state index contributed by atoms with van der Waals surface area (Å²) in [5.74, 6) is 0. The molecule has 68 heavy (non-hydrogen) atoms. The van der Waals surface area contributed by atoms with Gasteiger partial charge in [0.05, 0.1) is 0 Å². The highest BCUT2D eigenvalue weighted by Gasteiger charge is 2.49. The van der Waals surface area contributed by atoms with Crippen molar-refractivity contribution >= 4 is 57.2 Å². The third kappa shape index (κ3) is 6.55. The Bertz CT molecular complexity index is 3110. The number of benzene rings is 6. The minimum Gasteiger partial charge on any atom is -0.311 e. The number of hydrogen-bond acceptors (Lipinski definition) is 2. The van der Waals surface area contributed by atoms with Crippen molar-refractivity contribution in [1.82, 2.24) is 0 Å². The zero-order valence-electron chi connectivity index (χ0n) is 44.7. The molecule has 350 valence electrons. The van der Waals surface area contributed by atoms with Crippen molar-refractivity contribution in [2.45, 2.75) is 188 Å². The molecule has 0 unspecified atom stereocenters. The first kappa shape index (κ1) is 45.4. The lowest BCUT2D eigenvalue weighted by Crippen LogP contribution is -2.62. The van der Waals surface area contributed by atoms with Crippen LogP contribution in [0.15, 0.2) is 97.1 Å². The van der Waals surface area contributed by atoms with E-state index in [1.54, 1.807) is 0 Å². The van der Waals surface area contributed by atoms with Crippen LogP contribution < -0.4 is 26.2 Å². The van der Waals surface area contributed by atoms with Gasteiger partial charge in [-0.1, -0.05) is 165 Å². The van der Waals surface area contributed by atoms with Crippen LogP contribution >= 0.6 is 0 Å². The summed E-state index contributed by atoms with van der Waals surface area (Å²) in [6.07, 6.45) is 5.89. The van der Waals surface area contributed by atoms with E-state index in [0.29, 0.717) is 0 Å². The number of fused-ring (bicyclic) bond motifs is 7. The summed E-state index contributed by atoms with van der Waals surface area (Å²) in [4.78, 5) is 5.50. The van der Waals surface area contributed by atoms with Gasteiger partial charge in [-0.2, -0.15) is 0 Å². The smallest absolute Gasteiger partial charge is 0.252 e. The second-order valence-corrected chi connectivity index (χ2v) is 27.2. The average molecular weight is 897 g/mol. The molecule has 3 heteroatoms. The number of rotatable bonds is 3. The van der Waals surface area contributed by atoms with Crippen LogP contribution in [0.5, 0.6) is 0 Å². The Morgan fingerprint density at radius 1 is 0.426 bits per heavy atom. The van der Waals surface area contributed by atoms with Gasteiger partial charge in [0.1, 0.15) is 0 Å². The molecule has 2 heterocycles. The number of anilines is 6. The van der Waals surface area contributed by atoms with Crippen LogP contribution in [0.2, 0.25) is 0 Å². The molecule has 6 aromatic rings. The van der Waals surface area contributed by atoms with Crippen molar-refractivity contribution in [2.24, 2.45) is 0 Å². The summed E-state index contributed by atoms with van der Waals surface area (Å²) >= 11 is 0. The number of aryl methyl sites for hydroxylation is 1. The zero-order valence-corrected chi connectivity index (χ0v) is 44.7. The molecule has 2 aliphatic heterocycles. The Balaban J connectivity index is 1.30. The highest BCUT2D eigenvalue weighted by atomic mass is 15.2. The molecule has 11 rings (SSSR count). The van der Waals surface area contributed by atoms with Gasteiger partial charge in [-0.05, 0) is 198 Å². The first-order valence-electron chi connectivity index (χ1n) is 26.1. The summed E-state index contributed by atoms with van der Waals surface area (Å²) in [6.45, 7) is 41.9. The van der Waals surface area contributed by atoms with E-state index in [0.717, 1.165) is 6.42 Å². The first-order chi connectivity index (χ1) is 31.6. The summed E-state index contributed by atoms with van der Waals surface area (Å²) in [6, 6.07) is 39.3. The van der Waals surface area contributed by atoms with Gasteiger partial charge in [0.2, 0.25) is 0 Å². The van der Waals surface area contributed by atoms with Crippen LogP contribution in [-0.4, -0.2) is 6.71 Å². The molecule has 0 spiro atoms. The minimum atomic E-state index is -0.109. The molecule has 6 aromatic carbocycles. The minimum absolute atomic E-state index is 0.0425. The van der Waals surface area contributed by atoms with Gasteiger partial charge in [0, 0.05) is 34.1 Å². The summed E-state index contributed by atoms with van der Waals surface area (Å²) in [5.41, 5.74) is 28.3. The van der Waals surface area contributed by atoms with Gasteiger partial charge >= 0.3 is 0 Å². The topological polar surface area (TPSA) is 6.48 Å². The zero-order chi connectivity index (χ0) is 48.6. The van der Waals surface area contributed by atoms with Crippen LogP contribution in [-0.2, 0) is 37.9 Å². The molecule has 3 aliphatic carbocycles. The van der Waals surface area contributed by atoms with Gasteiger partial charge in [-0.3, -0.25) is 0 Å². The summed E-state index contributed by atoms with van der Waals surface area (Å²) in [7, 11) is 0. The molecular weight excluding hydrogens is 820 g/mol. The molecule has 0 bridgehead atoms. The van der Waals surface area contributed by atoms with Crippen LogP contribution in [0.25, 0.3) is 11.1 Å². The van der Waals surface area contributed by atoms with E-state index in [2.05, 4.69) is 225 Å². The predicted octanol–water partition coefficient (Wildman–Crippen LogP) is 16.0. The van der Waals surface area contributed by atoms with Crippen LogP contribution in [0.4, 0.5) is 34.1 Å². The average Bonchev–Trinajstić information content (AvgIpc) is 3.44. The largest absolute Gasteiger partial charge is 0.311 e. The van der Waals surface area contributed by atoms with Gasteiger partial charge in [0.25, 0.3) is 6.71 Å². The normalized spacial score (nSPS) is 20.5. The van der Waals surface area contributed by atoms with E-state index in [1.807, 2.05) is 0 Å². The fraction of sp³-hybridized carbons (Fsp3) is 0.446. The summed E-state index contributed by atoms with van der Waals surface area (Å²) in [5, 5.41) is 0. The lowest BCUT2D eigenvalue weighted by Gasteiger charge is -2.49. The third-order valence-corrected chi connectivity index (χ3v) is 18.4. The van der Waals surface area contributed by atoms with Crippen molar-refractivity contribution in [3.8, 4) is 11.1 Å². The van der Waals surface area contributed by atoms with Gasteiger partial charge in [-0.15, -0.1) is 0 Å². The quantitative estimate of drug-likeness (QED) is 0.163. The molecule has 0 N–H and O–H groups in total. The Kier molecular flexibility index (Phi) is 9.55. The van der Waals surface area contributed by atoms with Gasteiger partial charge < -0.3 is 9.80 Å². The van der Waals surface area contributed by atoms with E-state index < -0.39 is 0 Å². The molecular formula is C65H77BN2. The Morgan fingerprint density at radius 3 is 1.56 bits per heavy atom. The van der Waals surface area contributed by atoms with Crippen molar-refractivity contribution in [2.75, 3.05) is 9.80 Å². The Labute approximate surface area is 411 Å². The third-order valence-electron chi connectivity index (χ3n) is 18.4. The fourth-order valence-electron chi connectivity index (χ4n) is 14.4. The van der Waals surface area contributed by atoms with E-state index in [1.165, 1.54) is 137 Å².